The number of nitrogens with one attached hydrogen (secondary N) is 2. The number of para-hydroxylation sites is 1. The minimum absolute atomic E-state index is 0.117. The van der Waals surface area contributed by atoms with E-state index in [1.54, 1.807) is 48.7 Å². The van der Waals surface area contributed by atoms with E-state index in [1.165, 1.54) is 12.3 Å². The number of halogens is 1. The second kappa shape index (κ2) is 8.92. The number of aromatic nitrogens is 2. The van der Waals surface area contributed by atoms with Gasteiger partial charge in [-0.1, -0.05) is 48.5 Å². The van der Waals surface area contributed by atoms with Gasteiger partial charge in [0.15, 0.2) is 0 Å². The number of nitrogens with zero attached hydrogens (tertiary/aromatic N) is 2. The van der Waals surface area contributed by atoms with Gasteiger partial charge in [0.25, 0.3) is 5.91 Å². The van der Waals surface area contributed by atoms with E-state index < -0.39 is 5.91 Å². The molecular formula is C26H19FN4O2. The summed E-state index contributed by atoms with van der Waals surface area (Å²) in [6.07, 6.45) is 3.16. The lowest BCUT2D eigenvalue weighted by Crippen LogP contribution is -2.18. The lowest BCUT2D eigenvalue weighted by atomic mass is 10.1. The third-order valence-corrected chi connectivity index (χ3v) is 5.21. The zero-order valence-electron chi connectivity index (χ0n) is 17.5. The van der Waals surface area contributed by atoms with Crippen LogP contribution in [0.2, 0.25) is 0 Å². The Bertz CT molecular complexity index is 1490. The van der Waals surface area contributed by atoms with Crippen LogP contribution in [-0.2, 0) is 6.61 Å². The molecule has 0 spiro atoms. The number of amides is 1. The summed E-state index contributed by atoms with van der Waals surface area (Å²) in [6.45, 7) is 0.117. The highest BCUT2D eigenvalue weighted by Crippen LogP contribution is 2.25. The molecule has 162 valence electrons. The van der Waals surface area contributed by atoms with Crippen molar-refractivity contribution >= 4 is 33.9 Å². The molecule has 5 aromatic rings. The number of carbonyl (C=O) groups excluding carboxylic acids is 1. The Hall–Kier alpha value is -4.52. The van der Waals surface area contributed by atoms with Gasteiger partial charge in [-0.3, -0.25) is 4.79 Å². The van der Waals surface area contributed by atoms with Gasteiger partial charge in [0.1, 0.15) is 23.9 Å². The standard InChI is InChI=1S/C26H19FN4O2/c27-22-10-3-1-7-18(22)16-33-19-8-5-6-17(12-19)14-29-31-26(32)24-13-21-20-9-2-4-11-23(20)30-25(21)15-28-24/h1-15,30H,16H2,(H,31,32)/b29-14+. The summed E-state index contributed by atoms with van der Waals surface area (Å²) in [5.74, 6) is -0.150. The maximum atomic E-state index is 13.8. The fraction of sp³-hybridized carbons (Fsp3) is 0.0385. The maximum absolute atomic E-state index is 13.8. The van der Waals surface area contributed by atoms with Crippen LogP contribution in [0.4, 0.5) is 4.39 Å². The molecule has 0 aliphatic rings. The SMILES string of the molecule is O=C(N/N=C/c1cccc(OCc2ccccc2F)c1)c1cc2c(cn1)[nH]c1ccccc12. The molecule has 6 nitrogen and oxygen atoms in total. The summed E-state index contributed by atoms with van der Waals surface area (Å²) in [5.41, 5.74) is 5.83. The molecule has 0 atom stereocenters. The number of fused-ring (bicyclic) bond motifs is 3. The first-order valence-corrected chi connectivity index (χ1v) is 10.3. The lowest BCUT2D eigenvalue weighted by molar-refractivity contribution is 0.0950. The smallest absolute Gasteiger partial charge is 0.289 e. The van der Waals surface area contributed by atoms with Crippen molar-refractivity contribution in [3.8, 4) is 5.75 Å². The van der Waals surface area contributed by atoms with Gasteiger partial charge in [0.2, 0.25) is 0 Å². The molecule has 0 bridgehead atoms. The van der Waals surface area contributed by atoms with Crippen molar-refractivity contribution in [2.24, 2.45) is 5.10 Å². The summed E-state index contributed by atoms with van der Waals surface area (Å²) in [7, 11) is 0. The molecule has 0 unspecified atom stereocenters. The Kier molecular flexibility index (Phi) is 5.51. The zero-order valence-corrected chi connectivity index (χ0v) is 17.5. The van der Waals surface area contributed by atoms with E-state index in [4.69, 9.17) is 4.74 Å². The molecule has 5 rings (SSSR count). The van der Waals surface area contributed by atoms with Crippen LogP contribution in [0.3, 0.4) is 0 Å². The second-order valence-corrected chi connectivity index (χ2v) is 7.44. The summed E-state index contributed by atoms with van der Waals surface area (Å²) >= 11 is 0. The van der Waals surface area contributed by atoms with E-state index in [0.29, 0.717) is 11.3 Å². The monoisotopic (exact) mass is 438 g/mol. The minimum atomic E-state index is -0.412. The maximum Gasteiger partial charge on any atom is 0.289 e. The van der Waals surface area contributed by atoms with E-state index in [2.05, 4.69) is 20.5 Å². The van der Waals surface area contributed by atoms with Crippen LogP contribution in [0.5, 0.6) is 5.75 Å². The highest BCUT2D eigenvalue weighted by atomic mass is 19.1. The number of carbonyl (C=O) groups is 1. The van der Waals surface area contributed by atoms with Crippen LogP contribution >= 0.6 is 0 Å². The number of hydrazone groups is 1. The molecule has 7 heteroatoms. The Labute approximate surface area is 188 Å². The average Bonchev–Trinajstić information content (AvgIpc) is 3.22. The number of aromatic amines is 1. The molecule has 2 N–H and O–H groups in total. The van der Waals surface area contributed by atoms with Crippen LogP contribution in [0.15, 0.2) is 90.2 Å². The molecular weight excluding hydrogens is 419 g/mol. The van der Waals surface area contributed by atoms with Crippen LogP contribution in [0, 0.1) is 5.82 Å². The molecule has 33 heavy (non-hydrogen) atoms. The molecule has 0 saturated carbocycles. The van der Waals surface area contributed by atoms with E-state index in [0.717, 1.165) is 27.4 Å². The number of rotatable bonds is 6. The number of benzene rings is 3. The van der Waals surface area contributed by atoms with E-state index >= 15 is 0 Å². The predicted molar refractivity (Wildman–Crippen MR) is 126 cm³/mol. The van der Waals surface area contributed by atoms with Crippen molar-refractivity contribution in [2.45, 2.75) is 6.61 Å². The molecule has 0 radical (unpaired) electrons. The third kappa shape index (κ3) is 4.43. The van der Waals surface area contributed by atoms with Crippen molar-refractivity contribution in [2.75, 3.05) is 0 Å². The lowest BCUT2D eigenvalue weighted by Gasteiger charge is -2.07. The Morgan fingerprint density at radius 1 is 1.00 bits per heavy atom. The quantitative estimate of drug-likeness (QED) is 0.283. The fourth-order valence-electron chi connectivity index (χ4n) is 3.56. The first-order valence-electron chi connectivity index (χ1n) is 10.3. The van der Waals surface area contributed by atoms with E-state index in [9.17, 15) is 9.18 Å². The summed E-state index contributed by atoms with van der Waals surface area (Å²) in [5, 5.41) is 5.99. The molecule has 1 amide bonds. The molecule has 0 saturated heterocycles. The first-order chi connectivity index (χ1) is 16.2. The molecule has 2 heterocycles. The van der Waals surface area contributed by atoms with Gasteiger partial charge in [-0.2, -0.15) is 5.10 Å². The number of hydrogen-bond donors (Lipinski definition) is 2. The van der Waals surface area contributed by atoms with E-state index in [-0.39, 0.29) is 18.1 Å². The van der Waals surface area contributed by atoms with Gasteiger partial charge in [-0.25, -0.2) is 14.8 Å². The Morgan fingerprint density at radius 3 is 2.76 bits per heavy atom. The number of pyridine rings is 1. The summed E-state index contributed by atoms with van der Waals surface area (Å²) in [4.78, 5) is 20.1. The van der Waals surface area contributed by atoms with Gasteiger partial charge < -0.3 is 9.72 Å². The van der Waals surface area contributed by atoms with Gasteiger partial charge in [0.05, 0.1) is 17.9 Å². The molecule has 0 aliphatic carbocycles. The second-order valence-electron chi connectivity index (χ2n) is 7.44. The fourth-order valence-corrected chi connectivity index (χ4v) is 3.56. The van der Waals surface area contributed by atoms with Crippen molar-refractivity contribution < 1.29 is 13.9 Å². The number of H-pyrrole nitrogens is 1. The summed E-state index contributed by atoms with van der Waals surface area (Å²) < 4.78 is 19.4. The zero-order chi connectivity index (χ0) is 22.6. The summed E-state index contributed by atoms with van der Waals surface area (Å²) in [6, 6.07) is 23.3. The van der Waals surface area contributed by atoms with Gasteiger partial charge in [0, 0.05) is 21.9 Å². The van der Waals surface area contributed by atoms with Crippen LogP contribution in [-0.4, -0.2) is 22.1 Å². The Morgan fingerprint density at radius 2 is 1.85 bits per heavy atom. The topological polar surface area (TPSA) is 79.4 Å². The number of hydrogen-bond acceptors (Lipinski definition) is 4. The average molecular weight is 438 g/mol. The van der Waals surface area contributed by atoms with E-state index in [1.807, 2.05) is 30.3 Å². The van der Waals surface area contributed by atoms with Crippen molar-refractivity contribution in [1.82, 2.24) is 15.4 Å². The molecule has 3 aromatic carbocycles. The van der Waals surface area contributed by atoms with Crippen molar-refractivity contribution in [3.05, 3.63) is 108 Å². The molecule has 0 fully saturated rings. The van der Waals surface area contributed by atoms with Crippen molar-refractivity contribution in [3.63, 3.8) is 0 Å². The highest BCUT2D eigenvalue weighted by Gasteiger charge is 2.10. The number of ether oxygens (including phenoxy) is 1. The van der Waals surface area contributed by atoms with Crippen LogP contribution in [0.25, 0.3) is 21.8 Å². The molecule has 2 aromatic heterocycles. The highest BCUT2D eigenvalue weighted by molar-refractivity contribution is 6.09. The predicted octanol–water partition coefficient (Wildman–Crippen LogP) is 5.20. The van der Waals surface area contributed by atoms with Gasteiger partial charge >= 0.3 is 0 Å². The normalized spacial score (nSPS) is 11.3. The van der Waals surface area contributed by atoms with Crippen molar-refractivity contribution in [1.29, 1.82) is 0 Å². The molecule has 0 aliphatic heterocycles. The third-order valence-electron chi connectivity index (χ3n) is 5.21. The van der Waals surface area contributed by atoms with Crippen LogP contribution < -0.4 is 10.2 Å². The van der Waals surface area contributed by atoms with Crippen LogP contribution in [0.1, 0.15) is 21.6 Å². The van der Waals surface area contributed by atoms with Gasteiger partial charge in [-0.15, -0.1) is 0 Å². The minimum Gasteiger partial charge on any atom is -0.489 e. The largest absolute Gasteiger partial charge is 0.489 e. The Balaban J connectivity index is 1.25. The van der Waals surface area contributed by atoms with Gasteiger partial charge in [-0.05, 0) is 35.9 Å². The first kappa shape index (κ1) is 20.4.